The molecule has 0 bridgehead atoms. The Morgan fingerprint density at radius 1 is 0.951 bits per heavy atom. The molecule has 0 aromatic heterocycles. The monoisotopic (exact) mass is 643 g/mol. The maximum atomic E-state index is 14.1. The predicted molar refractivity (Wildman–Crippen MR) is 165 cm³/mol. The lowest BCUT2D eigenvalue weighted by atomic mass is 10.1. The highest BCUT2D eigenvalue weighted by Crippen LogP contribution is 2.33. The summed E-state index contributed by atoms with van der Waals surface area (Å²) in [5.74, 6) is -0.276. The standard InChI is InChI=1S/C31H38BrN3O5S/c1-6-40-29-10-8-7-9-28(29)35(41(38,39)27-17-11-23(4)12-18-27)21-30(36)34(20-25-13-15-26(32)16-14-25)24(5)31(37)33-19-22(2)3/h7-18,22,24H,6,19-21H2,1-5H3,(H,33,37)/t24-/m0/s1. The lowest BCUT2D eigenvalue weighted by Gasteiger charge is -2.32. The number of nitrogens with zero attached hydrogens (tertiary/aromatic N) is 2. The van der Waals surface area contributed by atoms with E-state index in [2.05, 4.69) is 21.2 Å². The van der Waals surface area contributed by atoms with Gasteiger partial charge in [-0.1, -0.05) is 71.7 Å². The number of benzene rings is 3. The zero-order valence-electron chi connectivity index (χ0n) is 24.1. The summed E-state index contributed by atoms with van der Waals surface area (Å²) >= 11 is 3.42. The summed E-state index contributed by atoms with van der Waals surface area (Å²) in [4.78, 5) is 28.7. The van der Waals surface area contributed by atoms with Gasteiger partial charge < -0.3 is 15.0 Å². The van der Waals surface area contributed by atoms with Gasteiger partial charge in [-0.15, -0.1) is 0 Å². The molecule has 0 radical (unpaired) electrons. The van der Waals surface area contributed by atoms with Crippen molar-refractivity contribution in [3.63, 3.8) is 0 Å². The van der Waals surface area contributed by atoms with Crippen LogP contribution in [0.4, 0.5) is 5.69 Å². The molecule has 0 fully saturated rings. The second-order valence-electron chi connectivity index (χ2n) is 10.2. The summed E-state index contributed by atoms with van der Waals surface area (Å²) in [7, 11) is -4.19. The minimum absolute atomic E-state index is 0.0457. The fourth-order valence-electron chi connectivity index (χ4n) is 4.11. The van der Waals surface area contributed by atoms with Crippen molar-refractivity contribution in [2.24, 2.45) is 5.92 Å². The van der Waals surface area contributed by atoms with Crippen LogP contribution in [0.15, 0.2) is 82.2 Å². The second-order valence-corrected chi connectivity index (χ2v) is 13.0. The van der Waals surface area contributed by atoms with Crippen LogP contribution >= 0.6 is 15.9 Å². The van der Waals surface area contributed by atoms with Crippen molar-refractivity contribution in [2.75, 3.05) is 24.0 Å². The number of hydrogen-bond acceptors (Lipinski definition) is 5. The molecule has 3 rings (SSSR count). The van der Waals surface area contributed by atoms with Crippen LogP contribution < -0.4 is 14.4 Å². The number of carbonyl (C=O) groups excluding carboxylic acids is 2. The third-order valence-electron chi connectivity index (χ3n) is 6.44. The van der Waals surface area contributed by atoms with E-state index in [1.165, 1.54) is 17.0 Å². The third-order valence-corrected chi connectivity index (χ3v) is 8.74. The average Bonchev–Trinajstić information content (AvgIpc) is 2.94. The van der Waals surface area contributed by atoms with Gasteiger partial charge in [-0.3, -0.25) is 13.9 Å². The Hall–Kier alpha value is -3.37. The van der Waals surface area contributed by atoms with Crippen molar-refractivity contribution in [2.45, 2.75) is 52.1 Å². The molecule has 0 spiro atoms. The zero-order chi connectivity index (χ0) is 30.2. The summed E-state index contributed by atoms with van der Waals surface area (Å²) in [6.45, 7) is 9.65. The Balaban J connectivity index is 2.06. The lowest BCUT2D eigenvalue weighted by molar-refractivity contribution is -0.139. The van der Waals surface area contributed by atoms with Crippen molar-refractivity contribution in [1.82, 2.24) is 10.2 Å². The number of hydrogen-bond donors (Lipinski definition) is 1. The molecule has 0 saturated heterocycles. The van der Waals surface area contributed by atoms with Crippen LogP contribution in [-0.2, 0) is 26.2 Å². The molecule has 0 aliphatic heterocycles. The molecular formula is C31H38BrN3O5S. The first-order chi connectivity index (χ1) is 19.4. The van der Waals surface area contributed by atoms with Crippen molar-refractivity contribution < 1.29 is 22.7 Å². The van der Waals surface area contributed by atoms with Gasteiger partial charge in [-0.25, -0.2) is 8.42 Å². The maximum Gasteiger partial charge on any atom is 0.264 e. The number of sulfonamides is 1. The highest BCUT2D eigenvalue weighted by atomic mass is 79.9. The molecule has 0 saturated carbocycles. The molecule has 1 N–H and O–H groups in total. The molecule has 8 nitrogen and oxygen atoms in total. The van der Waals surface area contributed by atoms with Crippen LogP contribution in [-0.4, -0.2) is 50.9 Å². The number of carbonyl (C=O) groups is 2. The highest BCUT2D eigenvalue weighted by molar-refractivity contribution is 9.10. The van der Waals surface area contributed by atoms with Crippen LogP contribution in [0.1, 0.15) is 38.8 Å². The van der Waals surface area contributed by atoms with Crippen molar-refractivity contribution in [3.05, 3.63) is 88.4 Å². The number of amides is 2. The van der Waals surface area contributed by atoms with E-state index < -0.39 is 28.5 Å². The van der Waals surface area contributed by atoms with Gasteiger partial charge in [0.15, 0.2) is 0 Å². The third kappa shape index (κ3) is 8.56. The minimum Gasteiger partial charge on any atom is -0.492 e. The molecule has 41 heavy (non-hydrogen) atoms. The van der Waals surface area contributed by atoms with Gasteiger partial charge in [0.05, 0.1) is 17.2 Å². The summed E-state index contributed by atoms with van der Waals surface area (Å²) in [5.41, 5.74) is 1.94. The fraction of sp³-hybridized carbons (Fsp3) is 0.355. The van der Waals surface area contributed by atoms with Crippen LogP contribution in [0.3, 0.4) is 0 Å². The Labute approximate surface area is 251 Å². The van der Waals surface area contributed by atoms with Crippen LogP contribution in [0.2, 0.25) is 0 Å². The lowest BCUT2D eigenvalue weighted by Crippen LogP contribution is -2.51. The van der Waals surface area contributed by atoms with Crippen LogP contribution in [0, 0.1) is 12.8 Å². The van der Waals surface area contributed by atoms with Gasteiger partial charge in [-0.2, -0.15) is 0 Å². The van der Waals surface area contributed by atoms with Crippen LogP contribution in [0.5, 0.6) is 5.75 Å². The normalized spacial score (nSPS) is 12.1. The summed E-state index contributed by atoms with van der Waals surface area (Å²) in [5, 5.41) is 2.89. The number of halogens is 1. The van der Waals surface area contributed by atoms with E-state index in [9.17, 15) is 18.0 Å². The number of para-hydroxylation sites is 2. The van der Waals surface area contributed by atoms with E-state index in [-0.39, 0.29) is 29.0 Å². The topological polar surface area (TPSA) is 96.0 Å². The second kappa shape index (κ2) is 14.5. The zero-order valence-corrected chi connectivity index (χ0v) is 26.5. The number of nitrogens with one attached hydrogen (secondary N) is 1. The summed E-state index contributed by atoms with van der Waals surface area (Å²) < 4.78 is 35.8. The maximum absolute atomic E-state index is 14.1. The molecule has 3 aromatic rings. The molecule has 1 atom stereocenters. The highest BCUT2D eigenvalue weighted by Gasteiger charge is 2.33. The molecule has 2 amide bonds. The number of ether oxygens (including phenoxy) is 1. The Bertz CT molecular complexity index is 1430. The quantitative estimate of drug-likeness (QED) is 0.264. The predicted octanol–water partition coefficient (Wildman–Crippen LogP) is 5.54. The van der Waals surface area contributed by atoms with Gasteiger partial charge in [0.1, 0.15) is 18.3 Å². The van der Waals surface area contributed by atoms with Gasteiger partial charge in [0.2, 0.25) is 11.8 Å². The van der Waals surface area contributed by atoms with Gasteiger partial charge in [-0.05, 0) is 68.7 Å². The molecule has 0 aliphatic rings. The number of rotatable bonds is 13. The van der Waals surface area contributed by atoms with E-state index in [1.54, 1.807) is 50.2 Å². The average molecular weight is 645 g/mol. The van der Waals surface area contributed by atoms with E-state index in [4.69, 9.17) is 4.74 Å². The first kappa shape index (κ1) is 32.1. The SMILES string of the molecule is CCOc1ccccc1N(CC(=O)N(Cc1ccc(Br)cc1)[C@@H](C)C(=O)NCC(C)C)S(=O)(=O)c1ccc(C)cc1. The molecule has 0 unspecified atom stereocenters. The largest absolute Gasteiger partial charge is 0.492 e. The van der Waals surface area contributed by atoms with Crippen molar-refractivity contribution in [3.8, 4) is 5.75 Å². The Morgan fingerprint density at radius 3 is 2.20 bits per heavy atom. The fourth-order valence-corrected chi connectivity index (χ4v) is 5.80. The Kier molecular flexibility index (Phi) is 11.4. The molecule has 220 valence electrons. The first-order valence-electron chi connectivity index (χ1n) is 13.6. The molecule has 0 aliphatic carbocycles. The molecule has 0 heterocycles. The van der Waals surface area contributed by atoms with E-state index in [0.717, 1.165) is 19.9 Å². The van der Waals surface area contributed by atoms with Gasteiger partial charge in [0.25, 0.3) is 10.0 Å². The number of anilines is 1. The van der Waals surface area contributed by atoms with Gasteiger partial charge >= 0.3 is 0 Å². The van der Waals surface area contributed by atoms with Crippen molar-refractivity contribution >= 4 is 43.5 Å². The summed E-state index contributed by atoms with van der Waals surface area (Å²) in [6.07, 6.45) is 0. The van der Waals surface area contributed by atoms with Crippen molar-refractivity contribution in [1.29, 1.82) is 0 Å². The Morgan fingerprint density at radius 2 is 1.59 bits per heavy atom. The van der Waals surface area contributed by atoms with Crippen LogP contribution in [0.25, 0.3) is 0 Å². The molecular weight excluding hydrogens is 606 g/mol. The molecule has 10 heteroatoms. The number of aryl methyl sites for hydroxylation is 1. The summed E-state index contributed by atoms with van der Waals surface area (Å²) in [6, 6.07) is 19.8. The van der Waals surface area contributed by atoms with E-state index in [0.29, 0.717) is 18.9 Å². The van der Waals surface area contributed by atoms with E-state index in [1.807, 2.05) is 45.0 Å². The first-order valence-corrected chi connectivity index (χ1v) is 15.8. The van der Waals surface area contributed by atoms with Gasteiger partial charge in [0, 0.05) is 17.6 Å². The van der Waals surface area contributed by atoms with E-state index >= 15 is 0 Å². The molecule has 3 aromatic carbocycles. The smallest absolute Gasteiger partial charge is 0.264 e. The minimum atomic E-state index is -4.19.